The number of hydrogen-bond donors (Lipinski definition) is 0. The summed E-state index contributed by atoms with van der Waals surface area (Å²) < 4.78 is 1.74. The van der Waals surface area contributed by atoms with E-state index in [2.05, 4.69) is 39.1 Å². The third-order valence-electron chi connectivity index (χ3n) is 2.18. The summed E-state index contributed by atoms with van der Waals surface area (Å²) >= 11 is 2.10. The highest BCUT2D eigenvalue weighted by molar-refractivity contribution is 14.1. The van der Waals surface area contributed by atoms with Crippen molar-refractivity contribution in [3.63, 3.8) is 0 Å². The van der Waals surface area contributed by atoms with E-state index in [1.807, 2.05) is 24.3 Å². The van der Waals surface area contributed by atoms with Crippen LogP contribution in [0.2, 0.25) is 0 Å². The van der Waals surface area contributed by atoms with Gasteiger partial charge in [-0.2, -0.15) is 0 Å². The number of aliphatic imine (C=N–C) groups is 1. The SMILES string of the molecule is C=Cc1ccc2cccnc2c1N=CI. The van der Waals surface area contributed by atoms with Gasteiger partial charge in [-0.25, -0.2) is 4.99 Å². The molecule has 3 heteroatoms. The van der Waals surface area contributed by atoms with Crippen molar-refractivity contribution in [2.24, 2.45) is 4.99 Å². The third-order valence-corrected chi connectivity index (χ3v) is 2.46. The topological polar surface area (TPSA) is 25.2 Å². The van der Waals surface area contributed by atoms with Crippen LogP contribution in [0, 0.1) is 0 Å². The number of aromatic nitrogens is 1. The van der Waals surface area contributed by atoms with Gasteiger partial charge in [-0.1, -0.05) is 30.9 Å². The summed E-state index contributed by atoms with van der Waals surface area (Å²) in [5.74, 6) is 0. The summed E-state index contributed by atoms with van der Waals surface area (Å²) in [4.78, 5) is 8.68. The van der Waals surface area contributed by atoms with E-state index in [0.717, 1.165) is 22.2 Å². The fraction of sp³-hybridized carbons (Fsp3) is 0. The summed E-state index contributed by atoms with van der Waals surface area (Å²) in [5, 5.41) is 1.10. The van der Waals surface area contributed by atoms with Crippen LogP contribution in [-0.2, 0) is 0 Å². The standard InChI is InChI=1S/C12H9IN2/c1-2-9-5-6-10-4-3-7-14-12(10)11(9)15-8-13/h2-8H,1H2. The van der Waals surface area contributed by atoms with Gasteiger partial charge in [-0.3, -0.25) is 4.98 Å². The number of nitrogens with zero attached hydrogens (tertiary/aromatic N) is 2. The van der Waals surface area contributed by atoms with E-state index in [4.69, 9.17) is 0 Å². The summed E-state index contributed by atoms with van der Waals surface area (Å²) in [6.07, 6.45) is 3.58. The minimum Gasteiger partial charge on any atom is -0.254 e. The van der Waals surface area contributed by atoms with Crippen LogP contribution in [0.1, 0.15) is 5.56 Å². The number of fused-ring (bicyclic) bond motifs is 1. The molecule has 0 N–H and O–H groups in total. The number of pyridine rings is 1. The lowest BCUT2D eigenvalue weighted by atomic mass is 10.1. The van der Waals surface area contributed by atoms with E-state index in [1.165, 1.54) is 0 Å². The van der Waals surface area contributed by atoms with Crippen molar-refractivity contribution in [3.05, 3.63) is 42.6 Å². The molecule has 0 saturated heterocycles. The first kappa shape index (κ1) is 10.3. The monoisotopic (exact) mass is 308 g/mol. The van der Waals surface area contributed by atoms with Crippen molar-refractivity contribution in [3.8, 4) is 0 Å². The van der Waals surface area contributed by atoms with Crippen LogP contribution in [0.5, 0.6) is 0 Å². The zero-order chi connectivity index (χ0) is 10.7. The molecule has 0 amide bonds. The molecule has 1 aromatic heterocycles. The first-order chi connectivity index (χ1) is 7.36. The second-order valence-corrected chi connectivity index (χ2v) is 3.57. The van der Waals surface area contributed by atoms with Gasteiger partial charge in [0.1, 0.15) is 0 Å². The van der Waals surface area contributed by atoms with E-state index < -0.39 is 0 Å². The van der Waals surface area contributed by atoms with E-state index in [9.17, 15) is 0 Å². The van der Waals surface area contributed by atoms with Crippen LogP contribution in [0.4, 0.5) is 5.69 Å². The Morgan fingerprint density at radius 1 is 1.33 bits per heavy atom. The average Bonchev–Trinajstić information content (AvgIpc) is 2.30. The molecule has 74 valence electrons. The maximum absolute atomic E-state index is 4.34. The van der Waals surface area contributed by atoms with Gasteiger partial charge in [0.05, 0.1) is 15.4 Å². The van der Waals surface area contributed by atoms with Gasteiger partial charge in [0.25, 0.3) is 0 Å². The van der Waals surface area contributed by atoms with Crippen LogP contribution >= 0.6 is 22.6 Å². The van der Waals surface area contributed by atoms with Crippen molar-refractivity contribution < 1.29 is 0 Å². The van der Waals surface area contributed by atoms with Gasteiger partial charge in [-0.05, 0) is 28.7 Å². The summed E-state index contributed by atoms with van der Waals surface area (Å²) in [5.41, 5.74) is 2.81. The minimum absolute atomic E-state index is 0.887. The normalized spacial score (nSPS) is 11.0. The Hall–Kier alpha value is -1.23. The van der Waals surface area contributed by atoms with Crippen LogP contribution in [-0.4, -0.2) is 9.21 Å². The lowest BCUT2D eigenvalue weighted by Gasteiger charge is -2.04. The Morgan fingerprint density at radius 2 is 2.20 bits per heavy atom. The maximum Gasteiger partial charge on any atom is 0.0969 e. The first-order valence-electron chi connectivity index (χ1n) is 4.49. The molecule has 1 heterocycles. The highest BCUT2D eigenvalue weighted by Crippen LogP contribution is 2.29. The molecule has 0 radical (unpaired) electrons. The van der Waals surface area contributed by atoms with Crippen LogP contribution in [0.15, 0.2) is 42.0 Å². The second kappa shape index (κ2) is 4.53. The molecule has 2 aromatic rings. The molecule has 15 heavy (non-hydrogen) atoms. The van der Waals surface area contributed by atoms with Crippen molar-refractivity contribution in [2.75, 3.05) is 0 Å². The molecule has 0 fully saturated rings. The first-order valence-corrected chi connectivity index (χ1v) is 5.74. The molecule has 0 spiro atoms. The van der Waals surface area contributed by atoms with E-state index >= 15 is 0 Å². The number of benzene rings is 1. The van der Waals surface area contributed by atoms with Gasteiger partial charge < -0.3 is 0 Å². The quantitative estimate of drug-likeness (QED) is 0.609. The number of hydrogen-bond acceptors (Lipinski definition) is 2. The molecule has 0 aliphatic rings. The smallest absolute Gasteiger partial charge is 0.0969 e. The molecule has 1 aromatic carbocycles. The van der Waals surface area contributed by atoms with E-state index in [1.54, 1.807) is 16.5 Å². The summed E-state index contributed by atoms with van der Waals surface area (Å²) in [6, 6.07) is 8.00. The van der Waals surface area contributed by atoms with Crippen molar-refractivity contribution >= 4 is 49.5 Å². The maximum atomic E-state index is 4.34. The Kier molecular flexibility index (Phi) is 3.11. The molecule has 0 aliphatic heterocycles. The zero-order valence-corrected chi connectivity index (χ0v) is 10.2. The highest BCUT2D eigenvalue weighted by Gasteiger charge is 2.04. The minimum atomic E-state index is 0.887. The summed E-state index contributed by atoms with van der Waals surface area (Å²) in [7, 11) is 0. The van der Waals surface area contributed by atoms with E-state index in [-0.39, 0.29) is 0 Å². The second-order valence-electron chi connectivity index (χ2n) is 3.01. The molecular weight excluding hydrogens is 299 g/mol. The van der Waals surface area contributed by atoms with Gasteiger partial charge in [0.15, 0.2) is 0 Å². The number of rotatable bonds is 2. The van der Waals surface area contributed by atoms with Crippen LogP contribution in [0.25, 0.3) is 17.0 Å². The molecule has 0 saturated carbocycles. The summed E-state index contributed by atoms with van der Waals surface area (Å²) in [6.45, 7) is 3.78. The highest BCUT2D eigenvalue weighted by atomic mass is 127. The molecule has 0 unspecified atom stereocenters. The van der Waals surface area contributed by atoms with Gasteiger partial charge >= 0.3 is 0 Å². The van der Waals surface area contributed by atoms with Gasteiger partial charge in [0.2, 0.25) is 0 Å². The Balaban J connectivity index is 2.84. The predicted molar refractivity (Wildman–Crippen MR) is 74.0 cm³/mol. The average molecular weight is 308 g/mol. The Morgan fingerprint density at radius 3 is 2.93 bits per heavy atom. The molecular formula is C12H9IN2. The number of halogens is 1. The lowest BCUT2D eigenvalue weighted by Crippen LogP contribution is -1.82. The fourth-order valence-electron chi connectivity index (χ4n) is 1.49. The van der Waals surface area contributed by atoms with Gasteiger partial charge in [-0.15, -0.1) is 0 Å². The molecule has 0 atom stereocenters. The van der Waals surface area contributed by atoms with Gasteiger partial charge in [0, 0.05) is 17.1 Å². The molecule has 0 bridgehead atoms. The Labute approximate surface area is 102 Å². The molecule has 2 nitrogen and oxygen atoms in total. The Bertz CT molecular complexity index is 532. The predicted octanol–water partition coefficient (Wildman–Crippen LogP) is 3.97. The van der Waals surface area contributed by atoms with Crippen LogP contribution in [0.3, 0.4) is 0 Å². The van der Waals surface area contributed by atoms with Crippen molar-refractivity contribution in [1.82, 2.24) is 4.98 Å². The van der Waals surface area contributed by atoms with Crippen molar-refractivity contribution in [2.45, 2.75) is 0 Å². The van der Waals surface area contributed by atoms with Crippen molar-refractivity contribution in [1.29, 1.82) is 0 Å². The largest absolute Gasteiger partial charge is 0.254 e. The van der Waals surface area contributed by atoms with Crippen LogP contribution < -0.4 is 0 Å². The third kappa shape index (κ3) is 1.92. The fourth-order valence-corrected chi connectivity index (χ4v) is 1.77. The molecule has 0 aliphatic carbocycles. The molecule has 2 rings (SSSR count). The zero-order valence-electron chi connectivity index (χ0n) is 8.02. The lowest BCUT2D eigenvalue weighted by molar-refractivity contribution is 1.39. The van der Waals surface area contributed by atoms with E-state index in [0.29, 0.717) is 0 Å².